The van der Waals surface area contributed by atoms with E-state index in [1.54, 1.807) is 4.90 Å². The lowest BCUT2D eigenvalue weighted by Gasteiger charge is -2.24. The lowest BCUT2D eigenvalue weighted by molar-refractivity contribution is -0.158. The molecule has 1 amide bonds. The first-order valence-corrected chi connectivity index (χ1v) is 7.88. The van der Waals surface area contributed by atoms with Crippen LogP contribution in [0.4, 0.5) is 5.69 Å². The maximum Gasteiger partial charge on any atom is 0.325 e. The normalized spacial score (nSPS) is 22.0. The van der Waals surface area contributed by atoms with Gasteiger partial charge < -0.3 is 9.64 Å². The first kappa shape index (κ1) is 16.8. The maximum absolute atomic E-state index is 12.7. The third-order valence-electron chi connectivity index (χ3n) is 3.88. The van der Waals surface area contributed by atoms with Gasteiger partial charge >= 0.3 is 5.97 Å². The molecule has 1 heterocycles. The van der Waals surface area contributed by atoms with Crippen LogP contribution in [0, 0.1) is 11.3 Å². The fourth-order valence-electron chi connectivity index (χ4n) is 2.53. The Morgan fingerprint density at radius 1 is 1.32 bits per heavy atom. The van der Waals surface area contributed by atoms with Crippen molar-refractivity contribution in [3.05, 3.63) is 30.3 Å². The van der Waals surface area contributed by atoms with E-state index in [0.717, 1.165) is 5.69 Å². The lowest BCUT2D eigenvalue weighted by atomic mass is 9.89. The second kappa shape index (κ2) is 6.29. The summed E-state index contributed by atoms with van der Waals surface area (Å²) < 4.78 is 5.45. The van der Waals surface area contributed by atoms with Crippen molar-refractivity contribution in [2.24, 2.45) is 11.3 Å². The van der Waals surface area contributed by atoms with Gasteiger partial charge in [0.05, 0.1) is 0 Å². The third-order valence-corrected chi connectivity index (χ3v) is 4.56. The molecule has 0 aromatic heterocycles. The number of carbonyl (C=O) groups excluding carboxylic acids is 2. The molecule has 0 N–H and O–H groups in total. The molecule has 1 fully saturated rings. The first-order chi connectivity index (χ1) is 10.2. The highest BCUT2D eigenvalue weighted by molar-refractivity contribution is 6.30. The summed E-state index contributed by atoms with van der Waals surface area (Å²) in [6, 6.07) is 9.39. The van der Waals surface area contributed by atoms with E-state index in [1.807, 2.05) is 58.0 Å². The van der Waals surface area contributed by atoms with Gasteiger partial charge in [-0.15, -0.1) is 11.6 Å². The van der Waals surface area contributed by atoms with Crippen molar-refractivity contribution in [1.82, 2.24) is 0 Å². The SMILES string of the molecule is CC(C)[C@H](Cl)C(=O)O[C@H]1C(=O)N(c2ccccc2)CC1(C)C. The summed E-state index contributed by atoms with van der Waals surface area (Å²) in [6.07, 6.45) is -0.805. The average Bonchev–Trinajstić information content (AvgIpc) is 2.70. The Bertz CT molecular complexity index is 556. The number of hydrogen-bond donors (Lipinski definition) is 0. The van der Waals surface area contributed by atoms with Gasteiger partial charge in [-0.05, 0) is 18.1 Å². The van der Waals surface area contributed by atoms with Gasteiger partial charge in [0.15, 0.2) is 6.10 Å². The van der Waals surface area contributed by atoms with Gasteiger partial charge in [0, 0.05) is 17.6 Å². The topological polar surface area (TPSA) is 46.6 Å². The molecular formula is C17H22ClNO3. The number of rotatable bonds is 4. The molecule has 0 spiro atoms. The minimum Gasteiger partial charge on any atom is -0.450 e. The van der Waals surface area contributed by atoms with E-state index < -0.39 is 22.9 Å². The van der Waals surface area contributed by atoms with Crippen molar-refractivity contribution in [2.45, 2.75) is 39.2 Å². The van der Waals surface area contributed by atoms with E-state index in [2.05, 4.69) is 0 Å². The van der Waals surface area contributed by atoms with Crippen molar-refractivity contribution < 1.29 is 14.3 Å². The van der Waals surface area contributed by atoms with Gasteiger partial charge in [-0.25, -0.2) is 0 Å². The molecule has 22 heavy (non-hydrogen) atoms. The minimum atomic E-state index is -0.805. The minimum absolute atomic E-state index is 0.0426. The second-order valence-electron chi connectivity index (χ2n) is 6.71. The van der Waals surface area contributed by atoms with Crippen molar-refractivity contribution >= 4 is 29.2 Å². The molecule has 0 radical (unpaired) electrons. The smallest absolute Gasteiger partial charge is 0.325 e. The van der Waals surface area contributed by atoms with E-state index in [-0.39, 0.29) is 11.8 Å². The van der Waals surface area contributed by atoms with E-state index in [4.69, 9.17) is 16.3 Å². The molecule has 5 heteroatoms. The van der Waals surface area contributed by atoms with Crippen LogP contribution in [0.3, 0.4) is 0 Å². The van der Waals surface area contributed by atoms with Crippen molar-refractivity contribution in [2.75, 3.05) is 11.4 Å². The quantitative estimate of drug-likeness (QED) is 0.631. The Labute approximate surface area is 136 Å². The van der Waals surface area contributed by atoms with Crippen LogP contribution in [-0.4, -0.2) is 29.9 Å². The summed E-state index contributed by atoms with van der Waals surface area (Å²) >= 11 is 6.04. The highest BCUT2D eigenvalue weighted by atomic mass is 35.5. The Kier molecular flexibility index (Phi) is 4.81. The summed E-state index contributed by atoms with van der Waals surface area (Å²) in [6.45, 7) is 8.03. The van der Waals surface area contributed by atoms with Crippen LogP contribution in [-0.2, 0) is 14.3 Å². The number of anilines is 1. The number of hydrogen-bond acceptors (Lipinski definition) is 3. The Hall–Kier alpha value is -1.55. The van der Waals surface area contributed by atoms with E-state index in [1.165, 1.54) is 0 Å². The highest BCUT2D eigenvalue weighted by Crippen LogP contribution is 2.36. The van der Waals surface area contributed by atoms with E-state index in [0.29, 0.717) is 6.54 Å². The second-order valence-corrected chi connectivity index (χ2v) is 7.18. The molecule has 1 aromatic carbocycles. The molecule has 0 saturated carbocycles. The first-order valence-electron chi connectivity index (χ1n) is 7.45. The highest BCUT2D eigenvalue weighted by Gasteiger charge is 2.49. The molecule has 1 aliphatic heterocycles. The fourth-order valence-corrected chi connectivity index (χ4v) is 2.59. The van der Waals surface area contributed by atoms with Crippen LogP contribution in [0.15, 0.2) is 30.3 Å². The van der Waals surface area contributed by atoms with Crippen LogP contribution < -0.4 is 4.90 Å². The Morgan fingerprint density at radius 2 is 1.91 bits per heavy atom. The van der Waals surface area contributed by atoms with Crippen LogP contribution >= 0.6 is 11.6 Å². The number of esters is 1. The summed E-state index contributed by atoms with van der Waals surface area (Å²) in [4.78, 5) is 26.4. The van der Waals surface area contributed by atoms with Gasteiger partial charge in [-0.2, -0.15) is 0 Å². The molecule has 1 aromatic rings. The average molecular weight is 324 g/mol. The molecule has 4 nitrogen and oxygen atoms in total. The zero-order valence-electron chi connectivity index (χ0n) is 13.4. The molecule has 1 aliphatic rings. The molecule has 0 bridgehead atoms. The summed E-state index contributed by atoms with van der Waals surface area (Å²) in [5.74, 6) is -0.769. The monoisotopic (exact) mass is 323 g/mol. The van der Waals surface area contributed by atoms with Crippen LogP contribution in [0.1, 0.15) is 27.7 Å². The number of halogens is 1. The van der Waals surface area contributed by atoms with Gasteiger partial charge in [0.2, 0.25) is 0 Å². The predicted octanol–water partition coefficient (Wildman–Crippen LogP) is 3.23. The van der Waals surface area contributed by atoms with E-state index in [9.17, 15) is 9.59 Å². The van der Waals surface area contributed by atoms with Crippen molar-refractivity contribution in [1.29, 1.82) is 0 Å². The summed E-state index contributed by atoms with van der Waals surface area (Å²) in [5, 5.41) is -0.741. The van der Waals surface area contributed by atoms with Crippen LogP contribution in [0.25, 0.3) is 0 Å². The Morgan fingerprint density at radius 3 is 2.45 bits per heavy atom. The van der Waals surface area contributed by atoms with E-state index >= 15 is 0 Å². The molecule has 1 saturated heterocycles. The fraction of sp³-hybridized carbons (Fsp3) is 0.529. The molecule has 0 unspecified atom stereocenters. The number of carbonyl (C=O) groups is 2. The van der Waals surface area contributed by atoms with Crippen LogP contribution in [0.5, 0.6) is 0 Å². The number of amides is 1. The number of para-hydroxylation sites is 1. The zero-order valence-corrected chi connectivity index (χ0v) is 14.1. The molecular weight excluding hydrogens is 302 g/mol. The number of alkyl halides is 1. The van der Waals surface area contributed by atoms with Gasteiger partial charge in [0.25, 0.3) is 5.91 Å². The van der Waals surface area contributed by atoms with Crippen LogP contribution in [0.2, 0.25) is 0 Å². The largest absolute Gasteiger partial charge is 0.450 e. The number of ether oxygens (including phenoxy) is 1. The summed E-state index contributed by atoms with van der Waals surface area (Å²) in [7, 11) is 0. The van der Waals surface area contributed by atoms with Gasteiger partial charge in [0.1, 0.15) is 5.38 Å². The standard InChI is InChI=1S/C17H22ClNO3/c1-11(2)13(18)16(21)22-14-15(20)19(10-17(14,3)4)12-8-6-5-7-9-12/h5-9,11,13-14H,10H2,1-4H3/t13-,14-/m0/s1. The summed E-state index contributed by atoms with van der Waals surface area (Å²) in [5.41, 5.74) is 0.348. The van der Waals surface area contributed by atoms with Gasteiger partial charge in [-0.3, -0.25) is 9.59 Å². The number of nitrogens with zero attached hydrogens (tertiary/aromatic N) is 1. The predicted molar refractivity (Wildman–Crippen MR) is 86.9 cm³/mol. The number of benzene rings is 1. The van der Waals surface area contributed by atoms with Crippen molar-refractivity contribution in [3.8, 4) is 0 Å². The zero-order chi connectivity index (χ0) is 16.5. The van der Waals surface area contributed by atoms with Gasteiger partial charge in [-0.1, -0.05) is 45.9 Å². The molecule has 120 valence electrons. The molecule has 2 atom stereocenters. The van der Waals surface area contributed by atoms with Crippen molar-refractivity contribution in [3.63, 3.8) is 0 Å². The maximum atomic E-state index is 12.7. The lowest BCUT2D eigenvalue weighted by Crippen LogP contribution is -2.39. The molecule has 0 aliphatic carbocycles. The molecule has 2 rings (SSSR count). The third kappa shape index (κ3) is 3.27. The Balaban J connectivity index is 2.18.